The highest BCUT2D eigenvalue weighted by atomic mass is 32.2. The van der Waals surface area contributed by atoms with Crippen LogP contribution in [0.15, 0.2) is 10.3 Å². The van der Waals surface area contributed by atoms with Crippen molar-refractivity contribution >= 4 is 27.3 Å². The van der Waals surface area contributed by atoms with Gasteiger partial charge in [-0.1, -0.05) is 0 Å². The molecular formula is C12H17NO5S2. The second-order valence-corrected chi connectivity index (χ2v) is 8.15. The number of aliphatic carboxylic acids is 1. The summed E-state index contributed by atoms with van der Waals surface area (Å²) >= 11 is 1.17. The van der Waals surface area contributed by atoms with E-state index < -0.39 is 28.1 Å². The largest absolute Gasteiger partial charge is 0.480 e. The monoisotopic (exact) mass is 319 g/mol. The number of sulfonamides is 1. The van der Waals surface area contributed by atoms with E-state index in [2.05, 4.69) is 0 Å². The lowest BCUT2D eigenvalue weighted by Gasteiger charge is -2.35. The molecule has 1 saturated heterocycles. The van der Waals surface area contributed by atoms with Crippen molar-refractivity contribution in [3.8, 4) is 0 Å². The quantitative estimate of drug-likeness (QED) is 0.906. The normalized spacial score (nSPS) is 24.8. The van der Waals surface area contributed by atoms with Gasteiger partial charge in [0.2, 0.25) is 0 Å². The zero-order valence-electron chi connectivity index (χ0n) is 11.5. The molecule has 1 aromatic heterocycles. The van der Waals surface area contributed by atoms with Crippen LogP contribution >= 0.6 is 11.3 Å². The zero-order valence-corrected chi connectivity index (χ0v) is 13.1. The Morgan fingerprint density at radius 2 is 2.15 bits per heavy atom. The van der Waals surface area contributed by atoms with E-state index in [1.165, 1.54) is 11.3 Å². The van der Waals surface area contributed by atoms with E-state index in [0.717, 1.165) is 14.7 Å². The molecule has 0 saturated carbocycles. The van der Waals surface area contributed by atoms with E-state index in [1.807, 2.05) is 13.8 Å². The third-order valence-electron chi connectivity index (χ3n) is 3.41. The van der Waals surface area contributed by atoms with Gasteiger partial charge in [0, 0.05) is 11.4 Å². The Balaban J connectivity index is 2.43. The lowest BCUT2D eigenvalue weighted by atomic mass is 10.1. The summed E-state index contributed by atoms with van der Waals surface area (Å²) in [5.74, 6) is -1.19. The Kier molecular flexibility index (Phi) is 4.19. The van der Waals surface area contributed by atoms with E-state index in [9.17, 15) is 18.3 Å². The van der Waals surface area contributed by atoms with Crippen molar-refractivity contribution < 1.29 is 23.1 Å². The molecule has 0 aromatic carbocycles. The minimum absolute atomic E-state index is 0.0552. The zero-order chi connectivity index (χ0) is 15.1. The highest BCUT2D eigenvalue weighted by Gasteiger charge is 2.43. The molecule has 112 valence electrons. The van der Waals surface area contributed by atoms with E-state index >= 15 is 0 Å². The molecule has 6 nitrogen and oxygen atoms in total. The number of nitrogens with zero attached hydrogens (tertiary/aromatic N) is 1. The maximum absolute atomic E-state index is 12.6. The predicted octanol–water partition coefficient (Wildman–Crippen LogP) is 1.23. The van der Waals surface area contributed by atoms with Crippen LogP contribution < -0.4 is 0 Å². The van der Waals surface area contributed by atoms with Gasteiger partial charge < -0.3 is 9.84 Å². The average molecular weight is 319 g/mol. The second-order valence-electron chi connectivity index (χ2n) is 4.78. The fourth-order valence-corrected chi connectivity index (χ4v) is 5.44. The first kappa shape index (κ1) is 15.4. The van der Waals surface area contributed by atoms with Crippen LogP contribution in [-0.4, -0.2) is 49.1 Å². The minimum atomic E-state index is -3.80. The SMILES string of the molecule is Cc1cc(S(=O)(=O)N2CCO[C@@H](C)[C@@H]2C(=O)O)sc1C. The van der Waals surface area contributed by atoms with Crippen molar-refractivity contribution in [2.24, 2.45) is 0 Å². The number of morpholine rings is 1. The number of thiophene rings is 1. The highest BCUT2D eigenvalue weighted by molar-refractivity contribution is 7.91. The molecule has 2 rings (SSSR count). The Hall–Kier alpha value is -0.960. The topological polar surface area (TPSA) is 83.9 Å². The van der Waals surface area contributed by atoms with Gasteiger partial charge in [-0.2, -0.15) is 4.31 Å². The number of carboxylic acid groups (broad SMARTS) is 1. The van der Waals surface area contributed by atoms with Crippen LogP contribution in [0, 0.1) is 13.8 Å². The summed E-state index contributed by atoms with van der Waals surface area (Å²) < 4.78 is 31.7. The number of ether oxygens (including phenoxy) is 1. The van der Waals surface area contributed by atoms with Crippen molar-refractivity contribution in [3.05, 3.63) is 16.5 Å². The first-order valence-corrected chi connectivity index (χ1v) is 8.44. The number of rotatable bonds is 3. The predicted molar refractivity (Wildman–Crippen MR) is 74.5 cm³/mol. The second kappa shape index (κ2) is 5.44. The van der Waals surface area contributed by atoms with Crippen molar-refractivity contribution in [1.82, 2.24) is 4.31 Å². The van der Waals surface area contributed by atoms with Gasteiger partial charge in [0.05, 0.1) is 12.7 Å². The van der Waals surface area contributed by atoms with Gasteiger partial charge in [0.25, 0.3) is 10.0 Å². The van der Waals surface area contributed by atoms with Crippen LogP contribution in [0.2, 0.25) is 0 Å². The molecule has 2 atom stereocenters. The first-order chi connectivity index (χ1) is 9.25. The summed E-state index contributed by atoms with van der Waals surface area (Å²) in [7, 11) is -3.80. The Bertz CT molecular complexity index is 602. The fraction of sp³-hybridized carbons (Fsp3) is 0.583. The molecule has 0 radical (unpaired) electrons. The third-order valence-corrected chi connectivity index (χ3v) is 6.89. The van der Waals surface area contributed by atoms with Crippen molar-refractivity contribution in [2.75, 3.05) is 13.2 Å². The molecule has 2 heterocycles. The average Bonchev–Trinajstić information content (AvgIpc) is 2.69. The van der Waals surface area contributed by atoms with Gasteiger partial charge in [-0.15, -0.1) is 11.3 Å². The maximum Gasteiger partial charge on any atom is 0.324 e. The minimum Gasteiger partial charge on any atom is -0.480 e. The van der Waals surface area contributed by atoms with Gasteiger partial charge in [-0.25, -0.2) is 8.42 Å². The number of aryl methyl sites for hydroxylation is 2. The molecule has 1 N–H and O–H groups in total. The molecule has 8 heteroatoms. The summed E-state index contributed by atoms with van der Waals surface area (Å²) in [5.41, 5.74) is 0.891. The van der Waals surface area contributed by atoms with Gasteiger partial charge >= 0.3 is 5.97 Å². The first-order valence-electron chi connectivity index (χ1n) is 6.18. The van der Waals surface area contributed by atoms with Crippen LogP contribution in [0.3, 0.4) is 0 Å². The van der Waals surface area contributed by atoms with Gasteiger partial charge in [-0.3, -0.25) is 4.79 Å². The molecule has 1 fully saturated rings. The Labute approximate surface area is 122 Å². The lowest BCUT2D eigenvalue weighted by Crippen LogP contribution is -2.56. The molecular weight excluding hydrogens is 302 g/mol. The molecule has 0 bridgehead atoms. The van der Waals surface area contributed by atoms with Crippen LogP contribution in [0.25, 0.3) is 0 Å². The molecule has 1 aromatic rings. The summed E-state index contributed by atoms with van der Waals surface area (Å²) in [6, 6.07) is 0.408. The number of hydrogen-bond acceptors (Lipinski definition) is 5. The summed E-state index contributed by atoms with van der Waals surface area (Å²) in [6.07, 6.45) is -0.668. The fourth-order valence-electron chi connectivity index (χ4n) is 2.17. The molecule has 1 aliphatic heterocycles. The maximum atomic E-state index is 12.6. The van der Waals surface area contributed by atoms with E-state index in [0.29, 0.717) is 0 Å². The van der Waals surface area contributed by atoms with Crippen molar-refractivity contribution in [2.45, 2.75) is 37.1 Å². The van der Waals surface area contributed by atoms with E-state index in [4.69, 9.17) is 4.74 Å². The van der Waals surface area contributed by atoms with Crippen LogP contribution in [0.5, 0.6) is 0 Å². The number of hydrogen-bond donors (Lipinski definition) is 1. The van der Waals surface area contributed by atoms with Gasteiger partial charge in [0.1, 0.15) is 10.3 Å². The smallest absolute Gasteiger partial charge is 0.324 e. The Morgan fingerprint density at radius 3 is 2.65 bits per heavy atom. The van der Waals surface area contributed by atoms with Gasteiger partial charge in [0.15, 0.2) is 0 Å². The molecule has 0 spiro atoms. The third kappa shape index (κ3) is 2.60. The summed E-state index contributed by atoms with van der Waals surface area (Å²) in [5, 5.41) is 9.27. The molecule has 0 amide bonds. The van der Waals surface area contributed by atoms with E-state index in [1.54, 1.807) is 13.0 Å². The standard InChI is InChI=1S/C12H17NO5S2/c1-7-6-10(19-9(7)3)20(16,17)13-4-5-18-8(2)11(13)12(14)15/h6,8,11H,4-5H2,1-3H3,(H,14,15)/t8-,11+/m0/s1. The van der Waals surface area contributed by atoms with Crippen LogP contribution in [0.1, 0.15) is 17.4 Å². The van der Waals surface area contributed by atoms with Crippen LogP contribution in [-0.2, 0) is 19.6 Å². The van der Waals surface area contributed by atoms with Gasteiger partial charge in [-0.05, 0) is 32.4 Å². The summed E-state index contributed by atoms with van der Waals surface area (Å²) in [6.45, 7) is 5.51. The van der Waals surface area contributed by atoms with E-state index in [-0.39, 0.29) is 17.4 Å². The molecule has 1 aliphatic rings. The molecule has 0 aliphatic carbocycles. The van der Waals surface area contributed by atoms with Crippen molar-refractivity contribution in [1.29, 1.82) is 0 Å². The molecule has 20 heavy (non-hydrogen) atoms. The Morgan fingerprint density at radius 1 is 1.50 bits per heavy atom. The number of carbonyl (C=O) groups is 1. The highest BCUT2D eigenvalue weighted by Crippen LogP contribution is 2.30. The summed E-state index contributed by atoms with van der Waals surface area (Å²) in [4.78, 5) is 12.3. The molecule has 0 unspecified atom stereocenters. The number of carboxylic acids is 1. The van der Waals surface area contributed by atoms with Crippen molar-refractivity contribution in [3.63, 3.8) is 0 Å². The lowest BCUT2D eigenvalue weighted by molar-refractivity contribution is -0.150. The van der Waals surface area contributed by atoms with Crippen LogP contribution in [0.4, 0.5) is 0 Å².